The highest BCUT2D eigenvalue weighted by Crippen LogP contribution is 2.25. The van der Waals surface area contributed by atoms with E-state index in [-0.39, 0.29) is 23.8 Å². The minimum atomic E-state index is -0.408. The van der Waals surface area contributed by atoms with Gasteiger partial charge >= 0.3 is 0 Å². The molecule has 1 aromatic rings. The van der Waals surface area contributed by atoms with Crippen LogP contribution in [0, 0.1) is 5.92 Å². The van der Waals surface area contributed by atoms with Crippen molar-refractivity contribution in [3.05, 3.63) is 30.3 Å². The van der Waals surface area contributed by atoms with Crippen molar-refractivity contribution < 1.29 is 9.59 Å². The van der Waals surface area contributed by atoms with Crippen molar-refractivity contribution in [1.82, 2.24) is 5.32 Å². The van der Waals surface area contributed by atoms with Crippen molar-refractivity contribution in [3.63, 3.8) is 0 Å². The van der Waals surface area contributed by atoms with Crippen LogP contribution in [-0.4, -0.2) is 30.4 Å². The van der Waals surface area contributed by atoms with Gasteiger partial charge in [-0.1, -0.05) is 24.6 Å². The molecule has 2 aliphatic rings. The summed E-state index contributed by atoms with van der Waals surface area (Å²) in [5.74, 6) is -0.0528. The third-order valence-corrected chi connectivity index (χ3v) is 4.91. The molecule has 0 spiro atoms. The standard InChI is InChI=1S/C18H25N3O2/c19-14-7-4-6-13(12-14)17(22)20-16-10-5-11-21(18(16)23)15-8-2-1-3-9-15/h1-3,8-9,13-14,16H,4-7,10-12,19H2,(H,20,22). The molecule has 5 nitrogen and oxygen atoms in total. The maximum Gasteiger partial charge on any atom is 0.249 e. The number of anilines is 1. The van der Waals surface area contributed by atoms with Crippen LogP contribution in [0.5, 0.6) is 0 Å². The monoisotopic (exact) mass is 315 g/mol. The summed E-state index contributed by atoms with van der Waals surface area (Å²) in [5, 5.41) is 2.97. The molecule has 1 saturated heterocycles. The number of rotatable bonds is 3. The van der Waals surface area contributed by atoms with E-state index in [4.69, 9.17) is 5.73 Å². The minimum Gasteiger partial charge on any atom is -0.344 e. The van der Waals surface area contributed by atoms with Gasteiger partial charge in [0, 0.05) is 24.2 Å². The number of carbonyl (C=O) groups excluding carboxylic acids is 2. The Kier molecular flexibility index (Phi) is 4.96. The van der Waals surface area contributed by atoms with Crippen LogP contribution >= 0.6 is 0 Å². The summed E-state index contributed by atoms with van der Waals surface area (Å²) in [6, 6.07) is 9.35. The normalized spacial score (nSPS) is 28.5. The van der Waals surface area contributed by atoms with Crippen LogP contribution in [0.25, 0.3) is 0 Å². The number of carbonyl (C=O) groups is 2. The zero-order valence-electron chi connectivity index (χ0n) is 13.4. The first-order valence-corrected chi connectivity index (χ1v) is 8.57. The van der Waals surface area contributed by atoms with E-state index in [1.165, 1.54) is 0 Å². The van der Waals surface area contributed by atoms with E-state index in [0.29, 0.717) is 13.0 Å². The number of piperidine rings is 1. The molecule has 2 fully saturated rings. The Balaban J connectivity index is 1.63. The second-order valence-electron chi connectivity index (χ2n) is 6.65. The lowest BCUT2D eigenvalue weighted by Gasteiger charge is -2.34. The molecule has 0 bridgehead atoms. The number of nitrogens with two attached hydrogens (primary N) is 1. The molecule has 3 atom stereocenters. The van der Waals surface area contributed by atoms with Gasteiger partial charge in [-0.15, -0.1) is 0 Å². The van der Waals surface area contributed by atoms with Crippen molar-refractivity contribution in [2.24, 2.45) is 11.7 Å². The van der Waals surface area contributed by atoms with Gasteiger partial charge in [0.2, 0.25) is 11.8 Å². The van der Waals surface area contributed by atoms with Crippen molar-refractivity contribution in [2.75, 3.05) is 11.4 Å². The number of hydrogen-bond donors (Lipinski definition) is 2. The lowest BCUT2D eigenvalue weighted by Crippen LogP contribution is -2.54. The van der Waals surface area contributed by atoms with Gasteiger partial charge in [0.25, 0.3) is 0 Å². The van der Waals surface area contributed by atoms with Crippen LogP contribution in [0.3, 0.4) is 0 Å². The first-order chi connectivity index (χ1) is 11.1. The van der Waals surface area contributed by atoms with E-state index < -0.39 is 6.04 Å². The summed E-state index contributed by atoms with van der Waals surface area (Å²) in [6.45, 7) is 0.712. The minimum absolute atomic E-state index is 0.00379. The van der Waals surface area contributed by atoms with Gasteiger partial charge in [-0.25, -0.2) is 0 Å². The number of para-hydroxylation sites is 1. The zero-order chi connectivity index (χ0) is 16.2. The average molecular weight is 315 g/mol. The summed E-state index contributed by atoms with van der Waals surface area (Å²) in [6.07, 6.45) is 5.21. The summed E-state index contributed by atoms with van der Waals surface area (Å²) >= 11 is 0. The highest BCUT2D eigenvalue weighted by molar-refractivity contribution is 6.00. The molecule has 1 aromatic carbocycles. The third-order valence-electron chi connectivity index (χ3n) is 4.91. The van der Waals surface area contributed by atoms with Crippen molar-refractivity contribution in [2.45, 2.75) is 50.6 Å². The molecule has 3 unspecified atom stereocenters. The van der Waals surface area contributed by atoms with Gasteiger partial charge in [-0.2, -0.15) is 0 Å². The molecule has 5 heteroatoms. The van der Waals surface area contributed by atoms with E-state index in [1.54, 1.807) is 4.90 Å². The maximum atomic E-state index is 12.7. The predicted octanol–water partition coefficient (Wildman–Crippen LogP) is 1.82. The summed E-state index contributed by atoms with van der Waals surface area (Å²) < 4.78 is 0. The quantitative estimate of drug-likeness (QED) is 0.893. The Morgan fingerprint density at radius 2 is 1.91 bits per heavy atom. The van der Waals surface area contributed by atoms with Crippen LogP contribution < -0.4 is 16.0 Å². The van der Waals surface area contributed by atoms with Crippen molar-refractivity contribution >= 4 is 17.5 Å². The fourth-order valence-corrected chi connectivity index (χ4v) is 3.63. The Morgan fingerprint density at radius 1 is 1.13 bits per heavy atom. The Labute approximate surface area is 137 Å². The lowest BCUT2D eigenvalue weighted by atomic mass is 9.85. The number of benzene rings is 1. The molecule has 1 aliphatic carbocycles. The first-order valence-electron chi connectivity index (χ1n) is 8.57. The molecule has 0 aromatic heterocycles. The average Bonchev–Trinajstić information content (AvgIpc) is 2.57. The van der Waals surface area contributed by atoms with Crippen LogP contribution in [0.1, 0.15) is 38.5 Å². The SMILES string of the molecule is NC1CCCC(C(=O)NC2CCCN(c3ccccc3)C2=O)C1. The summed E-state index contributed by atoms with van der Waals surface area (Å²) in [7, 11) is 0. The molecule has 3 N–H and O–H groups in total. The van der Waals surface area contributed by atoms with Crippen LogP contribution in [0.4, 0.5) is 5.69 Å². The van der Waals surface area contributed by atoms with Crippen LogP contribution in [0.2, 0.25) is 0 Å². The summed E-state index contributed by atoms with van der Waals surface area (Å²) in [5.41, 5.74) is 6.87. The molecule has 1 heterocycles. The third kappa shape index (κ3) is 3.72. The van der Waals surface area contributed by atoms with Gasteiger partial charge < -0.3 is 16.0 Å². The Hall–Kier alpha value is -1.88. The second kappa shape index (κ2) is 7.13. The topological polar surface area (TPSA) is 75.4 Å². The van der Waals surface area contributed by atoms with E-state index in [0.717, 1.165) is 37.8 Å². The highest BCUT2D eigenvalue weighted by atomic mass is 16.2. The number of hydrogen-bond acceptors (Lipinski definition) is 3. The number of nitrogens with one attached hydrogen (secondary N) is 1. The van der Waals surface area contributed by atoms with Gasteiger partial charge in [-0.05, 0) is 44.2 Å². The van der Waals surface area contributed by atoms with E-state index in [2.05, 4.69) is 5.32 Å². The maximum absolute atomic E-state index is 12.7. The molecule has 2 amide bonds. The Morgan fingerprint density at radius 3 is 2.65 bits per heavy atom. The number of amides is 2. The zero-order valence-corrected chi connectivity index (χ0v) is 13.4. The smallest absolute Gasteiger partial charge is 0.249 e. The second-order valence-corrected chi connectivity index (χ2v) is 6.65. The lowest BCUT2D eigenvalue weighted by molar-refractivity contribution is -0.131. The number of nitrogens with zero attached hydrogens (tertiary/aromatic N) is 1. The predicted molar refractivity (Wildman–Crippen MR) is 89.9 cm³/mol. The first kappa shape index (κ1) is 16.0. The highest BCUT2D eigenvalue weighted by Gasteiger charge is 2.33. The van der Waals surface area contributed by atoms with Gasteiger partial charge in [0.05, 0.1) is 0 Å². The van der Waals surface area contributed by atoms with Crippen molar-refractivity contribution in [1.29, 1.82) is 0 Å². The van der Waals surface area contributed by atoms with Crippen molar-refractivity contribution in [3.8, 4) is 0 Å². The van der Waals surface area contributed by atoms with Gasteiger partial charge in [-0.3, -0.25) is 9.59 Å². The molecule has 3 rings (SSSR count). The van der Waals surface area contributed by atoms with E-state index >= 15 is 0 Å². The van der Waals surface area contributed by atoms with Crippen LogP contribution in [0.15, 0.2) is 30.3 Å². The molecule has 124 valence electrons. The summed E-state index contributed by atoms with van der Waals surface area (Å²) in [4.78, 5) is 26.9. The fraction of sp³-hybridized carbons (Fsp3) is 0.556. The van der Waals surface area contributed by atoms with Gasteiger partial charge in [0.1, 0.15) is 6.04 Å². The molecule has 1 saturated carbocycles. The molecular formula is C18H25N3O2. The Bertz CT molecular complexity index is 561. The van der Waals surface area contributed by atoms with E-state index in [1.807, 2.05) is 30.3 Å². The largest absolute Gasteiger partial charge is 0.344 e. The molecule has 23 heavy (non-hydrogen) atoms. The molecular weight excluding hydrogens is 290 g/mol. The van der Waals surface area contributed by atoms with Gasteiger partial charge in [0.15, 0.2) is 0 Å². The van der Waals surface area contributed by atoms with E-state index in [9.17, 15) is 9.59 Å². The fourth-order valence-electron chi connectivity index (χ4n) is 3.63. The van der Waals surface area contributed by atoms with Crippen LogP contribution in [-0.2, 0) is 9.59 Å². The molecule has 0 radical (unpaired) electrons. The molecule has 1 aliphatic heterocycles.